The summed E-state index contributed by atoms with van der Waals surface area (Å²) in [6.45, 7) is 6.38. The highest BCUT2D eigenvalue weighted by molar-refractivity contribution is 5.95. The Hall–Kier alpha value is -1.07. The van der Waals surface area contributed by atoms with Crippen LogP contribution in [0.2, 0.25) is 0 Å². The lowest BCUT2D eigenvalue weighted by molar-refractivity contribution is 0.0708. The summed E-state index contributed by atoms with van der Waals surface area (Å²) in [5.74, 6) is 0.0963. The molecule has 1 N–H and O–H groups in total. The van der Waals surface area contributed by atoms with Gasteiger partial charge in [0.2, 0.25) is 0 Å². The molecule has 1 aliphatic rings. The molecule has 0 aliphatic carbocycles. The Morgan fingerprint density at radius 1 is 1.59 bits per heavy atom. The van der Waals surface area contributed by atoms with E-state index >= 15 is 0 Å². The van der Waals surface area contributed by atoms with Crippen molar-refractivity contribution >= 4 is 18.3 Å². The third-order valence-corrected chi connectivity index (χ3v) is 2.90. The molecule has 0 spiro atoms. The van der Waals surface area contributed by atoms with Gasteiger partial charge in [0.15, 0.2) is 0 Å². The van der Waals surface area contributed by atoms with Crippen LogP contribution in [0.3, 0.4) is 0 Å². The molecular formula is C11H19ClN4O. The second-order valence-electron chi connectivity index (χ2n) is 4.41. The lowest BCUT2D eigenvalue weighted by Crippen LogP contribution is -2.51. The fourth-order valence-electron chi connectivity index (χ4n) is 2.10. The van der Waals surface area contributed by atoms with Crippen LogP contribution in [0.25, 0.3) is 0 Å². The van der Waals surface area contributed by atoms with Gasteiger partial charge in [-0.1, -0.05) is 0 Å². The number of aromatic nitrogens is 2. The van der Waals surface area contributed by atoms with E-state index in [0.29, 0.717) is 6.04 Å². The number of hydrogen-bond donors (Lipinski definition) is 1. The summed E-state index contributed by atoms with van der Waals surface area (Å²) in [7, 11) is 1.84. The minimum atomic E-state index is 0. The van der Waals surface area contributed by atoms with Gasteiger partial charge in [0, 0.05) is 38.9 Å². The first-order chi connectivity index (χ1) is 7.58. The number of halogens is 1. The normalized spacial score (nSPS) is 19.9. The molecule has 1 aliphatic heterocycles. The predicted octanol–water partition coefficient (Wildman–Crippen LogP) is 0.584. The predicted molar refractivity (Wildman–Crippen MR) is 68.6 cm³/mol. The second-order valence-corrected chi connectivity index (χ2v) is 4.41. The van der Waals surface area contributed by atoms with Crippen molar-refractivity contribution in [1.82, 2.24) is 20.0 Å². The number of carbonyl (C=O) groups is 1. The van der Waals surface area contributed by atoms with Crippen molar-refractivity contribution in [3.05, 3.63) is 17.5 Å². The Bertz CT molecular complexity index is 404. The molecule has 1 amide bonds. The zero-order valence-corrected chi connectivity index (χ0v) is 11.3. The van der Waals surface area contributed by atoms with Gasteiger partial charge in [0.1, 0.15) is 0 Å². The summed E-state index contributed by atoms with van der Waals surface area (Å²) in [6.07, 6.45) is 1.80. The van der Waals surface area contributed by atoms with Gasteiger partial charge in [0.25, 0.3) is 5.91 Å². The molecule has 1 aromatic rings. The van der Waals surface area contributed by atoms with Crippen molar-refractivity contribution in [2.24, 2.45) is 7.05 Å². The minimum Gasteiger partial charge on any atom is -0.336 e. The van der Waals surface area contributed by atoms with Crippen LogP contribution in [-0.4, -0.2) is 46.3 Å². The molecule has 5 nitrogen and oxygen atoms in total. The SMILES string of the molecule is Cc1nn(C)cc1C(=O)N1CCN[C@H](C)C1.Cl. The van der Waals surface area contributed by atoms with Crippen LogP contribution in [0.4, 0.5) is 0 Å². The van der Waals surface area contributed by atoms with Crippen molar-refractivity contribution in [2.75, 3.05) is 19.6 Å². The average molecular weight is 259 g/mol. The molecule has 1 fully saturated rings. The van der Waals surface area contributed by atoms with Gasteiger partial charge < -0.3 is 10.2 Å². The zero-order chi connectivity index (χ0) is 11.7. The average Bonchev–Trinajstić information content (AvgIpc) is 2.57. The fourth-order valence-corrected chi connectivity index (χ4v) is 2.10. The second kappa shape index (κ2) is 5.51. The maximum atomic E-state index is 12.2. The van der Waals surface area contributed by atoms with Gasteiger partial charge in [-0.25, -0.2) is 0 Å². The van der Waals surface area contributed by atoms with Gasteiger partial charge >= 0.3 is 0 Å². The summed E-state index contributed by atoms with van der Waals surface area (Å²) in [5.41, 5.74) is 1.52. The van der Waals surface area contributed by atoms with E-state index < -0.39 is 0 Å². The van der Waals surface area contributed by atoms with E-state index in [-0.39, 0.29) is 18.3 Å². The molecule has 1 saturated heterocycles. The number of amides is 1. The number of rotatable bonds is 1. The molecule has 2 rings (SSSR count). The Labute approximate surface area is 108 Å². The highest BCUT2D eigenvalue weighted by Crippen LogP contribution is 2.10. The summed E-state index contributed by atoms with van der Waals surface area (Å²) in [4.78, 5) is 14.1. The zero-order valence-electron chi connectivity index (χ0n) is 10.4. The Morgan fingerprint density at radius 2 is 2.29 bits per heavy atom. The van der Waals surface area contributed by atoms with Crippen LogP contribution in [0.15, 0.2) is 6.20 Å². The van der Waals surface area contributed by atoms with Crippen LogP contribution in [0.1, 0.15) is 23.0 Å². The van der Waals surface area contributed by atoms with Gasteiger partial charge in [-0.3, -0.25) is 9.48 Å². The molecular weight excluding hydrogens is 240 g/mol. The van der Waals surface area contributed by atoms with E-state index in [9.17, 15) is 4.79 Å². The fraction of sp³-hybridized carbons (Fsp3) is 0.636. The van der Waals surface area contributed by atoms with Crippen LogP contribution in [0, 0.1) is 6.92 Å². The third-order valence-electron chi connectivity index (χ3n) is 2.90. The van der Waals surface area contributed by atoms with Crippen molar-refractivity contribution < 1.29 is 4.79 Å². The molecule has 1 atom stereocenters. The Balaban J connectivity index is 0.00000144. The number of aryl methyl sites for hydroxylation is 2. The van der Waals surface area contributed by atoms with E-state index in [2.05, 4.69) is 17.3 Å². The number of nitrogens with one attached hydrogen (secondary N) is 1. The van der Waals surface area contributed by atoms with E-state index in [4.69, 9.17) is 0 Å². The van der Waals surface area contributed by atoms with Crippen LogP contribution in [-0.2, 0) is 7.05 Å². The molecule has 0 radical (unpaired) electrons. The standard InChI is InChI=1S/C11H18N4O.ClH/c1-8-6-15(5-4-12-8)11(16)10-7-14(3)13-9(10)2;/h7-8,12H,4-6H2,1-3H3;1H/t8-;/m1./s1. The topological polar surface area (TPSA) is 50.2 Å². The molecule has 0 aromatic carbocycles. The molecule has 6 heteroatoms. The van der Waals surface area contributed by atoms with E-state index in [1.165, 1.54) is 0 Å². The number of nitrogens with zero attached hydrogens (tertiary/aromatic N) is 3. The van der Waals surface area contributed by atoms with Crippen molar-refractivity contribution in [1.29, 1.82) is 0 Å². The van der Waals surface area contributed by atoms with Gasteiger partial charge in [-0.15, -0.1) is 12.4 Å². The van der Waals surface area contributed by atoms with Gasteiger partial charge in [-0.05, 0) is 13.8 Å². The Kier molecular flexibility index (Phi) is 4.54. The molecule has 96 valence electrons. The summed E-state index contributed by atoms with van der Waals surface area (Å²) in [6, 6.07) is 0.370. The van der Waals surface area contributed by atoms with Crippen LogP contribution in [0.5, 0.6) is 0 Å². The molecule has 2 heterocycles. The molecule has 0 unspecified atom stereocenters. The quantitative estimate of drug-likeness (QED) is 0.802. The maximum absolute atomic E-state index is 12.2. The van der Waals surface area contributed by atoms with Crippen LogP contribution < -0.4 is 5.32 Å². The van der Waals surface area contributed by atoms with E-state index in [1.807, 2.05) is 18.9 Å². The summed E-state index contributed by atoms with van der Waals surface area (Å²) in [5, 5.41) is 7.52. The van der Waals surface area contributed by atoms with Gasteiger partial charge in [-0.2, -0.15) is 5.10 Å². The van der Waals surface area contributed by atoms with Crippen LogP contribution >= 0.6 is 12.4 Å². The van der Waals surface area contributed by atoms with Crippen molar-refractivity contribution in [2.45, 2.75) is 19.9 Å². The largest absolute Gasteiger partial charge is 0.336 e. The summed E-state index contributed by atoms with van der Waals surface area (Å²) >= 11 is 0. The third kappa shape index (κ3) is 2.98. The monoisotopic (exact) mass is 258 g/mol. The lowest BCUT2D eigenvalue weighted by atomic mass is 10.2. The first kappa shape index (κ1) is 14.0. The lowest BCUT2D eigenvalue weighted by Gasteiger charge is -2.31. The first-order valence-corrected chi connectivity index (χ1v) is 5.61. The highest BCUT2D eigenvalue weighted by Gasteiger charge is 2.23. The van der Waals surface area contributed by atoms with Crippen molar-refractivity contribution in [3.8, 4) is 0 Å². The number of carbonyl (C=O) groups excluding carboxylic acids is 1. The molecule has 0 bridgehead atoms. The number of hydrogen-bond acceptors (Lipinski definition) is 3. The first-order valence-electron chi connectivity index (χ1n) is 5.61. The number of piperazine rings is 1. The minimum absolute atomic E-state index is 0. The molecule has 0 saturated carbocycles. The highest BCUT2D eigenvalue weighted by atomic mass is 35.5. The Morgan fingerprint density at radius 3 is 2.82 bits per heavy atom. The maximum Gasteiger partial charge on any atom is 0.257 e. The smallest absolute Gasteiger partial charge is 0.257 e. The molecule has 17 heavy (non-hydrogen) atoms. The van der Waals surface area contributed by atoms with E-state index in [1.54, 1.807) is 10.9 Å². The molecule has 1 aromatic heterocycles. The van der Waals surface area contributed by atoms with Gasteiger partial charge in [0.05, 0.1) is 11.3 Å². The van der Waals surface area contributed by atoms with Crippen molar-refractivity contribution in [3.63, 3.8) is 0 Å². The van der Waals surface area contributed by atoms with E-state index in [0.717, 1.165) is 30.9 Å². The summed E-state index contributed by atoms with van der Waals surface area (Å²) < 4.78 is 1.69.